The molecule has 0 radical (unpaired) electrons. The average molecular weight is 397 g/mol. The van der Waals surface area contributed by atoms with Crippen LogP contribution in [0.2, 0.25) is 0 Å². The highest BCUT2D eigenvalue weighted by Crippen LogP contribution is 2.40. The lowest BCUT2D eigenvalue weighted by molar-refractivity contribution is -0.147. The molecule has 0 spiro atoms. The van der Waals surface area contributed by atoms with Gasteiger partial charge in [-0.1, -0.05) is 53.7 Å². The summed E-state index contributed by atoms with van der Waals surface area (Å²) in [5.41, 5.74) is 1.39. The highest BCUT2D eigenvalue weighted by atomic mass is 35.5. The standard InChI is InChI=1S/C22H33ClO4/c1-20(2,3)15-11-14(12-16(18(15)25)21(4,5)6)9-10-17(24)27-13-22(7,8)19(23)26/h11-12,25H,9-10,13H2,1-8H3. The topological polar surface area (TPSA) is 63.6 Å². The van der Waals surface area contributed by atoms with Crippen LogP contribution in [0.25, 0.3) is 0 Å². The van der Waals surface area contributed by atoms with E-state index in [4.69, 9.17) is 16.3 Å². The van der Waals surface area contributed by atoms with E-state index in [0.717, 1.165) is 16.7 Å². The number of benzene rings is 1. The van der Waals surface area contributed by atoms with Crippen LogP contribution in [-0.4, -0.2) is 22.9 Å². The molecule has 0 atom stereocenters. The van der Waals surface area contributed by atoms with Crippen LogP contribution in [0.15, 0.2) is 12.1 Å². The maximum absolute atomic E-state index is 12.1. The molecule has 0 amide bonds. The molecule has 0 unspecified atom stereocenters. The lowest BCUT2D eigenvalue weighted by Gasteiger charge is -2.28. The highest BCUT2D eigenvalue weighted by molar-refractivity contribution is 6.64. The summed E-state index contributed by atoms with van der Waals surface area (Å²) in [5, 5.41) is 10.2. The second-order valence-electron chi connectivity index (χ2n) is 9.86. The maximum Gasteiger partial charge on any atom is 0.306 e. The van der Waals surface area contributed by atoms with Crippen molar-refractivity contribution in [1.29, 1.82) is 0 Å². The lowest BCUT2D eigenvalue weighted by atomic mass is 9.78. The Balaban J connectivity index is 2.98. The Morgan fingerprint density at radius 3 is 1.78 bits per heavy atom. The second kappa shape index (κ2) is 8.22. The number of halogens is 1. The number of hydrogen-bond acceptors (Lipinski definition) is 4. The predicted molar refractivity (Wildman–Crippen MR) is 109 cm³/mol. The van der Waals surface area contributed by atoms with E-state index >= 15 is 0 Å². The molecular formula is C22H33ClO4. The van der Waals surface area contributed by atoms with Gasteiger partial charge in [-0.3, -0.25) is 9.59 Å². The van der Waals surface area contributed by atoms with E-state index in [0.29, 0.717) is 12.2 Å². The molecule has 0 heterocycles. The summed E-state index contributed by atoms with van der Waals surface area (Å²) in [6, 6.07) is 3.92. The molecule has 0 bridgehead atoms. The van der Waals surface area contributed by atoms with Crippen molar-refractivity contribution in [3.8, 4) is 5.75 Å². The Hall–Kier alpha value is -1.55. The van der Waals surface area contributed by atoms with Crippen LogP contribution in [-0.2, 0) is 31.6 Å². The van der Waals surface area contributed by atoms with Crippen molar-refractivity contribution in [3.05, 3.63) is 28.8 Å². The summed E-state index contributed by atoms with van der Waals surface area (Å²) >= 11 is 5.51. The zero-order valence-corrected chi connectivity index (χ0v) is 18.6. The normalized spacial score (nSPS) is 12.8. The van der Waals surface area contributed by atoms with Gasteiger partial charge in [0, 0.05) is 6.42 Å². The van der Waals surface area contributed by atoms with Gasteiger partial charge in [0.05, 0.1) is 5.41 Å². The van der Waals surface area contributed by atoms with Crippen molar-refractivity contribution < 1.29 is 19.4 Å². The summed E-state index contributed by atoms with van der Waals surface area (Å²) in [4.78, 5) is 23.4. The van der Waals surface area contributed by atoms with Crippen molar-refractivity contribution in [2.24, 2.45) is 5.41 Å². The predicted octanol–water partition coefficient (Wildman–Crippen LogP) is 5.25. The van der Waals surface area contributed by atoms with Crippen molar-refractivity contribution in [2.75, 3.05) is 6.61 Å². The Labute approximate surface area is 168 Å². The number of carbonyl (C=O) groups is 2. The van der Waals surface area contributed by atoms with Gasteiger partial charge < -0.3 is 9.84 Å². The van der Waals surface area contributed by atoms with Gasteiger partial charge in [0.25, 0.3) is 0 Å². The van der Waals surface area contributed by atoms with E-state index in [1.165, 1.54) is 0 Å². The van der Waals surface area contributed by atoms with E-state index in [1.807, 2.05) is 12.1 Å². The number of aromatic hydroxyl groups is 1. The molecule has 1 aromatic carbocycles. The number of hydrogen-bond donors (Lipinski definition) is 1. The SMILES string of the molecule is CC(C)(COC(=O)CCc1cc(C(C)(C)C)c(O)c(C(C)(C)C)c1)C(=O)Cl. The summed E-state index contributed by atoms with van der Waals surface area (Å²) in [5.74, 6) is -0.0487. The van der Waals surface area contributed by atoms with Crippen molar-refractivity contribution >= 4 is 22.8 Å². The van der Waals surface area contributed by atoms with Gasteiger partial charge in [0.2, 0.25) is 5.24 Å². The van der Waals surface area contributed by atoms with Crippen LogP contribution in [0.1, 0.15) is 78.5 Å². The molecule has 0 saturated heterocycles. The fraction of sp³-hybridized carbons (Fsp3) is 0.636. The molecule has 1 N–H and O–H groups in total. The highest BCUT2D eigenvalue weighted by Gasteiger charge is 2.28. The minimum atomic E-state index is -0.894. The van der Waals surface area contributed by atoms with Crippen LogP contribution in [0.5, 0.6) is 5.75 Å². The molecule has 0 aliphatic carbocycles. The fourth-order valence-corrected chi connectivity index (χ4v) is 2.67. The first-order chi connectivity index (χ1) is 12.1. The fourth-order valence-electron chi connectivity index (χ4n) is 2.62. The zero-order valence-electron chi connectivity index (χ0n) is 17.8. The summed E-state index contributed by atoms with van der Waals surface area (Å²) in [6.07, 6.45) is 0.699. The molecule has 0 aliphatic rings. The molecule has 152 valence electrons. The third-order valence-corrected chi connectivity index (χ3v) is 5.04. The molecule has 27 heavy (non-hydrogen) atoms. The number of aryl methyl sites for hydroxylation is 1. The lowest BCUT2D eigenvalue weighted by Crippen LogP contribution is -2.27. The average Bonchev–Trinajstić information content (AvgIpc) is 2.49. The third kappa shape index (κ3) is 6.53. The molecule has 0 fully saturated rings. The first-order valence-electron chi connectivity index (χ1n) is 9.28. The first-order valence-corrected chi connectivity index (χ1v) is 9.66. The summed E-state index contributed by atoms with van der Waals surface area (Å²) in [6.45, 7) is 15.6. The summed E-state index contributed by atoms with van der Waals surface area (Å²) < 4.78 is 5.22. The van der Waals surface area contributed by atoms with Gasteiger partial charge in [-0.25, -0.2) is 0 Å². The number of phenolic OH excluding ortho intramolecular Hbond substituents is 1. The number of phenols is 1. The van der Waals surface area contributed by atoms with E-state index in [9.17, 15) is 14.7 Å². The molecule has 5 heteroatoms. The largest absolute Gasteiger partial charge is 0.507 e. The third-order valence-electron chi connectivity index (χ3n) is 4.53. The molecule has 4 nitrogen and oxygen atoms in total. The van der Waals surface area contributed by atoms with Gasteiger partial charge in [-0.05, 0) is 59.4 Å². The van der Waals surface area contributed by atoms with E-state index < -0.39 is 10.7 Å². The molecule has 0 aromatic heterocycles. The minimum Gasteiger partial charge on any atom is -0.507 e. The molecular weight excluding hydrogens is 364 g/mol. The number of ether oxygens (including phenoxy) is 1. The molecule has 0 saturated carbocycles. The van der Waals surface area contributed by atoms with Crippen LogP contribution in [0, 0.1) is 5.41 Å². The van der Waals surface area contributed by atoms with Crippen molar-refractivity contribution in [3.63, 3.8) is 0 Å². The van der Waals surface area contributed by atoms with Crippen molar-refractivity contribution in [2.45, 2.75) is 79.1 Å². The van der Waals surface area contributed by atoms with Gasteiger partial charge >= 0.3 is 5.97 Å². The van der Waals surface area contributed by atoms with Crippen LogP contribution in [0.3, 0.4) is 0 Å². The summed E-state index contributed by atoms with van der Waals surface area (Å²) in [7, 11) is 0. The smallest absolute Gasteiger partial charge is 0.306 e. The quantitative estimate of drug-likeness (QED) is 0.526. The Morgan fingerprint density at radius 2 is 1.41 bits per heavy atom. The van der Waals surface area contributed by atoms with Crippen LogP contribution >= 0.6 is 11.6 Å². The Bertz CT molecular complexity index is 671. The monoisotopic (exact) mass is 396 g/mol. The Morgan fingerprint density at radius 1 is 0.963 bits per heavy atom. The Kier molecular flexibility index (Phi) is 7.15. The maximum atomic E-state index is 12.1. The van der Waals surface area contributed by atoms with Gasteiger partial charge in [-0.2, -0.15) is 0 Å². The van der Waals surface area contributed by atoms with Gasteiger partial charge in [0.1, 0.15) is 12.4 Å². The van der Waals surface area contributed by atoms with Crippen molar-refractivity contribution in [1.82, 2.24) is 0 Å². The van der Waals surface area contributed by atoms with Gasteiger partial charge in [0.15, 0.2) is 0 Å². The van der Waals surface area contributed by atoms with E-state index in [2.05, 4.69) is 41.5 Å². The van der Waals surface area contributed by atoms with Gasteiger partial charge in [-0.15, -0.1) is 0 Å². The van der Waals surface area contributed by atoms with Crippen LogP contribution in [0.4, 0.5) is 0 Å². The number of carbonyl (C=O) groups excluding carboxylic acids is 2. The van der Waals surface area contributed by atoms with E-state index in [-0.39, 0.29) is 29.8 Å². The number of rotatable bonds is 6. The molecule has 0 aliphatic heterocycles. The van der Waals surface area contributed by atoms with Crippen LogP contribution < -0.4 is 0 Å². The molecule has 1 aromatic rings. The molecule has 1 rings (SSSR count). The zero-order chi connectivity index (χ0) is 21.2. The van der Waals surface area contributed by atoms with E-state index in [1.54, 1.807) is 13.8 Å². The second-order valence-corrected chi connectivity index (χ2v) is 10.2. The minimum absolute atomic E-state index is 0.0375. The first kappa shape index (κ1) is 23.5. The number of esters is 1.